The molecule has 1 aromatic carbocycles. The third-order valence-corrected chi connectivity index (χ3v) is 6.47. The molecule has 4 rings (SSSR count). The molecule has 0 saturated carbocycles. The van der Waals surface area contributed by atoms with E-state index in [9.17, 15) is 13.6 Å². The van der Waals surface area contributed by atoms with Crippen LogP contribution in [0, 0.1) is 17.6 Å². The van der Waals surface area contributed by atoms with Gasteiger partial charge in [-0.05, 0) is 68.6 Å². The maximum atomic E-state index is 13.8. The highest BCUT2D eigenvalue weighted by Gasteiger charge is 2.31. The van der Waals surface area contributed by atoms with Crippen LogP contribution in [0.1, 0.15) is 50.7 Å². The number of rotatable bonds is 6. The van der Waals surface area contributed by atoms with Crippen molar-refractivity contribution in [3.8, 4) is 0 Å². The lowest BCUT2D eigenvalue weighted by atomic mass is 9.94. The average molecular weight is 475 g/mol. The highest BCUT2D eigenvalue weighted by molar-refractivity contribution is 5.79. The lowest BCUT2D eigenvalue weighted by Crippen LogP contribution is -2.46. The topological polar surface area (TPSA) is 71.7 Å². The molecule has 2 aromatic rings. The van der Waals surface area contributed by atoms with Gasteiger partial charge < -0.3 is 15.4 Å². The molecular weight excluding hydrogens is 438 g/mol. The minimum absolute atomic E-state index is 0.0350. The number of benzene rings is 1. The first-order valence-corrected chi connectivity index (χ1v) is 12.3. The normalized spacial score (nSPS) is 17.8. The summed E-state index contributed by atoms with van der Waals surface area (Å²) >= 11 is 0. The molecule has 0 bridgehead atoms. The van der Waals surface area contributed by atoms with Crippen molar-refractivity contribution in [1.29, 1.82) is 0 Å². The summed E-state index contributed by atoms with van der Waals surface area (Å²) in [5.41, 5.74) is 6.86. The van der Waals surface area contributed by atoms with E-state index in [4.69, 9.17) is 10.5 Å². The third kappa shape index (κ3) is 6.96. The number of nitrogens with zero attached hydrogens (tertiary/aromatic N) is 3. The zero-order chi connectivity index (χ0) is 24.5. The Kier molecular flexibility index (Phi) is 9.77. The maximum Gasteiger partial charge on any atom is 0.225 e. The van der Waals surface area contributed by atoms with Gasteiger partial charge in [-0.3, -0.25) is 9.69 Å². The fourth-order valence-electron chi connectivity index (χ4n) is 4.56. The Morgan fingerprint density at radius 1 is 1.06 bits per heavy atom. The summed E-state index contributed by atoms with van der Waals surface area (Å²) in [6.07, 6.45) is 4.70. The van der Waals surface area contributed by atoms with Gasteiger partial charge in [0.05, 0.1) is 12.7 Å². The van der Waals surface area contributed by atoms with Crippen LogP contribution in [0.3, 0.4) is 0 Å². The van der Waals surface area contributed by atoms with Crippen LogP contribution < -0.4 is 5.73 Å². The molecule has 2 N–H and O–H groups in total. The predicted molar refractivity (Wildman–Crippen MR) is 129 cm³/mol. The molecular formula is C26H36F2N4O2. The van der Waals surface area contributed by atoms with Crippen LogP contribution in [0.5, 0.6) is 0 Å². The van der Waals surface area contributed by atoms with E-state index in [1.165, 1.54) is 18.2 Å². The fourth-order valence-corrected chi connectivity index (χ4v) is 4.56. The number of nitrogens with two attached hydrogens (primary N) is 1. The minimum Gasteiger partial charge on any atom is -0.384 e. The van der Waals surface area contributed by atoms with E-state index in [0.717, 1.165) is 38.0 Å². The monoisotopic (exact) mass is 474 g/mol. The van der Waals surface area contributed by atoms with E-state index in [-0.39, 0.29) is 30.1 Å². The molecule has 8 heteroatoms. The number of aromatic nitrogens is 1. The molecule has 6 nitrogen and oxygen atoms in total. The average Bonchev–Trinajstić information content (AvgIpc) is 2.85. The molecule has 2 aliphatic heterocycles. The summed E-state index contributed by atoms with van der Waals surface area (Å²) in [5.74, 6) is -0.373. The number of hydrogen-bond donors (Lipinski definition) is 1. The summed E-state index contributed by atoms with van der Waals surface area (Å²) < 4.78 is 33.3. The van der Waals surface area contributed by atoms with Crippen molar-refractivity contribution in [3.05, 3.63) is 59.3 Å². The zero-order valence-electron chi connectivity index (χ0n) is 20.2. The van der Waals surface area contributed by atoms with Crippen LogP contribution in [0.25, 0.3) is 0 Å². The quantitative estimate of drug-likeness (QED) is 0.673. The highest BCUT2D eigenvalue weighted by atomic mass is 19.1. The molecule has 186 valence electrons. The van der Waals surface area contributed by atoms with Gasteiger partial charge in [-0.1, -0.05) is 19.9 Å². The highest BCUT2D eigenvalue weighted by Crippen LogP contribution is 2.24. The summed E-state index contributed by atoms with van der Waals surface area (Å²) in [6.45, 7) is 7.75. The Hall–Kier alpha value is -2.58. The van der Waals surface area contributed by atoms with E-state index < -0.39 is 11.6 Å². The molecule has 0 radical (unpaired) electrons. The number of halogens is 2. The Labute approximate surface area is 201 Å². The minimum atomic E-state index is -0.587. The number of carbonyl (C=O) groups is 1. The van der Waals surface area contributed by atoms with Gasteiger partial charge in [0.15, 0.2) is 0 Å². The number of anilines is 1. The van der Waals surface area contributed by atoms with Gasteiger partial charge in [0.2, 0.25) is 5.91 Å². The second-order valence-electron chi connectivity index (χ2n) is 8.68. The van der Waals surface area contributed by atoms with Crippen LogP contribution in [0.4, 0.5) is 14.6 Å². The number of ether oxygens (including phenoxy) is 1. The van der Waals surface area contributed by atoms with Crippen molar-refractivity contribution >= 4 is 11.7 Å². The van der Waals surface area contributed by atoms with Crippen molar-refractivity contribution < 1.29 is 18.3 Å². The molecule has 0 aliphatic carbocycles. The first-order chi connectivity index (χ1) is 16.5. The lowest BCUT2D eigenvalue weighted by Gasteiger charge is -2.37. The molecule has 2 aliphatic rings. The van der Waals surface area contributed by atoms with Gasteiger partial charge in [0, 0.05) is 37.3 Å². The SMILES string of the molecule is CC.Nc1cc(CN2CCC(C(=O)N3CCC(OCc4c(F)cccc4F)CC3)CC2)ccn1. The Bertz CT molecular complexity index is 907. The Balaban J connectivity index is 0.00000158. The molecule has 2 saturated heterocycles. The summed E-state index contributed by atoms with van der Waals surface area (Å²) in [7, 11) is 0. The molecule has 2 fully saturated rings. The molecule has 3 heterocycles. The van der Waals surface area contributed by atoms with Crippen molar-refractivity contribution in [2.45, 2.75) is 58.8 Å². The van der Waals surface area contributed by atoms with Crippen LogP contribution in [-0.2, 0) is 22.7 Å². The smallest absolute Gasteiger partial charge is 0.225 e. The Morgan fingerprint density at radius 2 is 1.71 bits per heavy atom. The number of nitrogen functional groups attached to an aromatic ring is 1. The van der Waals surface area contributed by atoms with Crippen molar-refractivity contribution in [1.82, 2.24) is 14.8 Å². The number of likely N-dealkylation sites (tertiary alicyclic amines) is 2. The van der Waals surface area contributed by atoms with E-state index in [2.05, 4.69) is 9.88 Å². The largest absolute Gasteiger partial charge is 0.384 e. The summed E-state index contributed by atoms with van der Waals surface area (Å²) in [5, 5.41) is 0. The molecule has 34 heavy (non-hydrogen) atoms. The van der Waals surface area contributed by atoms with Crippen molar-refractivity contribution in [2.75, 3.05) is 31.9 Å². The fraction of sp³-hybridized carbons (Fsp3) is 0.538. The van der Waals surface area contributed by atoms with Gasteiger partial charge in [0.25, 0.3) is 0 Å². The standard InChI is InChI=1S/C24H30F2N4O2.C2H6/c25-21-2-1-3-22(26)20(21)16-32-19-7-12-30(13-8-19)24(31)18-5-10-29(11-6-18)15-17-4-9-28-23(27)14-17;1-2/h1-4,9,14,18-19H,5-8,10-13,15-16H2,(H2,27,28);1-2H3. The Morgan fingerprint density at radius 3 is 2.32 bits per heavy atom. The van der Waals surface area contributed by atoms with Crippen LogP contribution in [-0.4, -0.2) is 53.0 Å². The van der Waals surface area contributed by atoms with Gasteiger partial charge in [-0.25, -0.2) is 13.8 Å². The van der Waals surface area contributed by atoms with Crippen LogP contribution in [0.15, 0.2) is 36.5 Å². The molecule has 1 aromatic heterocycles. The van der Waals surface area contributed by atoms with E-state index >= 15 is 0 Å². The first-order valence-electron chi connectivity index (χ1n) is 12.3. The summed E-state index contributed by atoms with van der Waals surface area (Å²) in [6, 6.07) is 7.68. The van der Waals surface area contributed by atoms with Crippen molar-refractivity contribution in [3.63, 3.8) is 0 Å². The zero-order valence-corrected chi connectivity index (χ0v) is 20.2. The second kappa shape index (κ2) is 12.8. The molecule has 0 unspecified atom stereocenters. The van der Waals surface area contributed by atoms with Gasteiger partial charge >= 0.3 is 0 Å². The number of hydrogen-bond acceptors (Lipinski definition) is 5. The number of carbonyl (C=O) groups excluding carboxylic acids is 1. The number of amides is 1. The van der Waals surface area contributed by atoms with E-state index in [0.29, 0.717) is 31.7 Å². The van der Waals surface area contributed by atoms with Gasteiger partial charge in [0.1, 0.15) is 17.5 Å². The molecule has 1 amide bonds. The first kappa shape index (κ1) is 26.0. The van der Waals surface area contributed by atoms with Crippen LogP contribution >= 0.6 is 0 Å². The molecule has 0 spiro atoms. The second-order valence-corrected chi connectivity index (χ2v) is 8.68. The number of pyridine rings is 1. The summed E-state index contributed by atoms with van der Waals surface area (Å²) in [4.78, 5) is 21.3. The number of piperidine rings is 2. The lowest BCUT2D eigenvalue weighted by molar-refractivity contribution is -0.140. The van der Waals surface area contributed by atoms with Crippen LogP contribution in [0.2, 0.25) is 0 Å². The molecule has 0 atom stereocenters. The maximum absolute atomic E-state index is 13.8. The van der Waals surface area contributed by atoms with E-state index in [1.54, 1.807) is 6.20 Å². The van der Waals surface area contributed by atoms with Gasteiger partial charge in [-0.2, -0.15) is 0 Å². The predicted octanol–water partition coefficient (Wildman–Crippen LogP) is 4.39. The van der Waals surface area contributed by atoms with Crippen molar-refractivity contribution in [2.24, 2.45) is 5.92 Å². The van der Waals surface area contributed by atoms with Gasteiger partial charge in [-0.15, -0.1) is 0 Å². The van der Waals surface area contributed by atoms with E-state index in [1.807, 2.05) is 30.9 Å². The third-order valence-electron chi connectivity index (χ3n) is 6.47.